The number of nitrogens with two attached hydrogens (primary N) is 1. The van der Waals surface area contributed by atoms with Crippen molar-refractivity contribution in [2.75, 3.05) is 12.4 Å². The minimum atomic E-state index is -0.779. The number of amides is 2. The topological polar surface area (TPSA) is 92.9 Å². The molecule has 3 atom stereocenters. The van der Waals surface area contributed by atoms with Crippen LogP contribution < -0.4 is 5.73 Å². The first-order chi connectivity index (χ1) is 8.93. The molecular weight excluding hydrogens is 288 g/mol. The van der Waals surface area contributed by atoms with Gasteiger partial charge in [-0.15, -0.1) is 11.8 Å². The van der Waals surface area contributed by atoms with Gasteiger partial charge in [0.1, 0.15) is 12.0 Å². The van der Waals surface area contributed by atoms with Gasteiger partial charge in [-0.1, -0.05) is 11.8 Å². The lowest BCUT2D eigenvalue weighted by Crippen LogP contribution is -2.59. The number of rotatable bonds is 5. The van der Waals surface area contributed by atoms with Gasteiger partial charge in [0, 0.05) is 11.4 Å². The van der Waals surface area contributed by atoms with Gasteiger partial charge < -0.3 is 20.5 Å². The number of thioether (sulfide) groups is 2. The van der Waals surface area contributed by atoms with Crippen molar-refractivity contribution in [2.24, 2.45) is 11.7 Å². The Bertz CT molecular complexity index is 438. The summed E-state index contributed by atoms with van der Waals surface area (Å²) in [5.41, 5.74) is 5.79. The molecule has 2 amide bonds. The minimum absolute atomic E-state index is 0.00654. The van der Waals surface area contributed by atoms with E-state index in [1.807, 2.05) is 6.92 Å². The van der Waals surface area contributed by atoms with Gasteiger partial charge in [-0.25, -0.2) is 4.79 Å². The molecule has 3 N–H and O–H groups in total. The quantitative estimate of drug-likeness (QED) is 0.579. The lowest BCUT2D eigenvalue weighted by molar-refractivity contribution is -0.152. The highest BCUT2D eigenvalue weighted by Crippen LogP contribution is 2.53. The van der Waals surface area contributed by atoms with Crippen LogP contribution in [-0.2, 0) is 9.53 Å². The predicted octanol–water partition coefficient (Wildman–Crippen LogP) is 0.916. The van der Waals surface area contributed by atoms with Crippen LogP contribution in [0.15, 0.2) is 9.93 Å². The normalized spacial score (nSPS) is 27.1. The fraction of sp³-hybridized carbons (Fsp3) is 0.636. The van der Waals surface area contributed by atoms with E-state index in [9.17, 15) is 14.7 Å². The van der Waals surface area contributed by atoms with Crippen LogP contribution in [0.2, 0.25) is 0 Å². The second kappa shape index (κ2) is 5.64. The van der Waals surface area contributed by atoms with Crippen molar-refractivity contribution in [2.45, 2.75) is 25.3 Å². The average molecular weight is 304 g/mol. The van der Waals surface area contributed by atoms with Crippen LogP contribution in [0.5, 0.6) is 0 Å². The van der Waals surface area contributed by atoms with Crippen LogP contribution in [-0.4, -0.2) is 45.8 Å². The predicted molar refractivity (Wildman–Crippen MR) is 74.1 cm³/mol. The monoisotopic (exact) mass is 304 g/mol. The number of nitrogens with zero attached hydrogens (tertiary/aromatic N) is 1. The summed E-state index contributed by atoms with van der Waals surface area (Å²) in [7, 11) is 0. The highest BCUT2D eigenvalue weighted by atomic mass is 32.2. The zero-order valence-corrected chi connectivity index (χ0v) is 12.3. The van der Waals surface area contributed by atoms with Gasteiger partial charge in [0.25, 0.3) is 0 Å². The molecule has 2 aliphatic rings. The average Bonchev–Trinajstić information content (AvgIpc) is 2.56. The van der Waals surface area contributed by atoms with Crippen molar-refractivity contribution in [1.29, 1.82) is 0 Å². The summed E-state index contributed by atoms with van der Waals surface area (Å²) in [5, 5.41) is 9.59. The molecule has 2 rings (SSSR count). The standard InChI is InChI=1S/C11H16N2O4S2/c1-5-10(18-4-3-17-11(12)16)19-9-7(6(2)14)8(15)13(5)9/h6-7,9,14H,3-4H2,1-2H3,(H2,12,16)/t6?,7-,9+/m0/s1. The summed E-state index contributed by atoms with van der Waals surface area (Å²) >= 11 is 3.12. The number of allylic oxidation sites excluding steroid dienone is 1. The van der Waals surface area contributed by atoms with E-state index < -0.39 is 12.2 Å². The molecule has 0 bridgehead atoms. The van der Waals surface area contributed by atoms with E-state index in [1.54, 1.807) is 23.6 Å². The number of aliphatic hydroxyl groups excluding tert-OH is 1. The molecule has 19 heavy (non-hydrogen) atoms. The number of β-lactam (4-membered cyclic amide) rings is 1. The Morgan fingerprint density at radius 2 is 2.37 bits per heavy atom. The maximum absolute atomic E-state index is 11.9. The van der Waals surface area contributed by atoms with Gasteiger partial charge in [0.2, 0.25) is 5.91 Å². The molecule has 2 aliphatic heterocycles. The zero-order valence-electron chi connectivity index (χ0n) is 10.7. The van der Waals surface area contributed by atoms with E-state index in [0.29, 0.717) is 5.75 Å². The first-order valence-electron chi connectivity index (χ1n) is 5.87. The Hall–Kier alpha value is -0.860. The summed E-state index contributed by atoms with van der Waals surface area (Å²) in [5.74, 6) is 0.255. The molecule has 6 nitrogen and oxygen atoms in total. The third-order valence-electron chi connectivity index (χ3n) is 3.05. The summed E-state index contributed by atoms with van der Waals surface area (Å²) in [6.07, 6.45) is -1.41. The molecule has 1 fully saturated rings. The maximum atomic E-state index is 11.9. The van der Waals surface area contributed by atoms with E-state index in [-0.39, 0.29) is 23.8 Å². The lowest BCUT2D eigenvalue weighted by Gasteiger charge is -2.43. The summed E-state index contributed by atoms with van der Waals surface area (Å²) < 4.78 is 5.69. The highest BCUT2D eigenvalue weighted by molar-refractivity contribution is 8.22. The van der Waals surface area contributed by atoms with Gasteiger partial charge in [-0.2, -0.15) is 0 Å². The van der Waals surface area contributed by atoms with Crippen molar-refractivity contribution < 1.29 is 19.4 Å². The van der Waals surface area contributed by atoms with E-state index in [0.717, 1.165) is 9.93 Å². The smallest absolute Gasteiger partial charge is 0.404 e. The molecule has 0 aromatic carbocycles. The Morgan fingerprint density at radius 1 is 1.68 bits per heavy atom. The number of fused-ring (bicyclic) bond motifs is 1. The summed E-state index contributed by atoms with van der Waals surface area (Å²) in [6, 6.07) is 0. The molecule has 0 saturated carbocycles. The van der Waals surface area contributed by atoms with Crippen molar-refractivity contribution in [3.8, 4) is 0 Å². The van der Waals surface area contributed by atoms with Gasteiger partial charge in [-0.3, -0.25) is 4.79 Å². The van der Waals surface area contributed by atoms with Crippen molar-refractivity contribution in [3.05, 3.63) is 9.93 Å². The number of primary amides is 1. The van der Waals surface area contributed by atoms with E-state index in [1.165, 1.54) is 11.8 Å². The third-order valence-corrected chi connectivity index (χ3v) is 5.87. The third kappa shape index (κ3) is 2.70. The highest BCUT2D eigenvalue weighted by Gasteiger charge is 2.54. The largest absolute Gasteiger partial charge is 0.449 e. The summed E-state index contributed by atoms with van der Waals surface area (Å²) in [4.78, 5) is 24.0. The van der Waals surface area contributed by atoms with Crippen molar-refractivity contribution in [1.82, 2.24) is 4.90 Å². The minimum Gasteiger partial charge on any atom is -0.449 e. The van der Waals surface area contributed by atoms with E-state index >= 15 is 0 Å². The maximum Gasteiger partial charge on any atom is 0.404 e. The molecule has 0 aliphatic carbocycles. The number of carbonyl (C=O) groups is 2. The molecule has 106 valence electrons. The molecule has 0 spiro atoms. The molecule has 1 saturated heterocycles. The summed E-state index contributed by atoms with van der Waals surface area (Å²) in [6.45, 7) is 3.78. The fourth-order valence-corrected chi connectivity index (χ4v) is 4.94. The van der Waals surface area contributed by atoms with Gasteiger partial charge in [0.15, 0.2) is 0 Å². The van der Waals surface area contributed by atoms with Crippen LogP contribution in [0, 0.1) is 5.92 Å². The number of ether oxygens (including phenoxy) is 1. The van der Waals surface area contributed by atoms with Crippen LogP contribution in [0.3, 0.4) is 0 Å². The molecule has 0 aromatic heterocycles. The number of hydrogen-bond acceptors (Lipinski definition) is 6. The van der Waals surface area contributed by atoms with E-state index in [4.69, 9.17) is 5.73 Å². The molecule has 0 aromatic rings. The fourth-order valence-electron chi connectivity index (χ4n) is 2.12. The number of carbonyl (C=O) groups excluding carboxylic acids is 2. The van der Waals surface area contributed by atoms with Gasteiger partial charge in [-0.05, 0) is 13.8 Å². The Balaban J connectivity index is 1.88. The molecule has 1 unspecified atom stereocenters. The zero-order chi connectivity index (χ0) is 14.2. The van der Waals surface area contributed by atoms with Crippen molar-refractivity contribution in [3.63, 3.8) is 0 Å². The first-order valence-corrected chi connectivity index (χ1v) is 7.73. The van der Waals surface area contributed by atoms with Crippen molar-refractivity contribution >= 4 is 35.5 Å². The lowest BCUT2D eigenvalue weighted by atomic mass is 9.92. The van der Waals surface area contributed by atoms with E-state index in [2.05, 4.69) is 4.74 Å². The molecule has 2 heterocycles. The number of hydrogen-bond donors (Lipinski definition) is 2. The SMILES string of the molecule is CC1=C(SCCOC(N)=O)S[C@@H]2[C@@H](C(C)O)C(=O)N12. The Morgan fingerprint density at radius 3 is 2.95 bits per heavy atom. The molecule has 8 heteroatoms. The van der Waals surface area contributed by atoms with Crippen LogP contribution in [0.1, 0.15) is 13.8 Å². The van der Waals surface area contributed by atoms with Crippen LogP contribution >= 0.6 is 23.5 Å². The van der Waals surface area contributed by atoms with Crippen LogP contribution in [0.25, 0.3) is 0 Å². The molecular formula is C11H16N2O4S2. The Labute approximate surface area is 119 Å². The van der Waals surface area contributed by atoms with Gasteiger partial charge >= 0.3 is 6.09 Å². The second-order valence-electron chi connectivity index (χ2n) is 4.37. The van der Waals surface area contributed by atoms with Gasteiger partial charge in [0.05, 0.1) is 16.3 Å². The first kappa shape index (κ1) is 14.5. The number of aliphatic hydroxyl groups is 1. The second-order valence-corrected chi connectivity index (χ2v) is 6.86. The van der Waals surface area contributed by atoms with Crippen LogP contribution in [0.4, 0.5) is 4.79 Å². The molecule has 0 radical (unpaired) electrons. The Kier molecular flexibility index (Phi) is 4.32.